The van der Waals surface area contributed by atoms with E-state index in [4.69, 9.17) is 14.2 Å². The first-order valence-electron chi connectivity index (χ1n) is 9.09. The first kappa shape index (κ1) is 16.8. The van der Waals surface area contributed by atoms with E-state index in [1.807, 2.05) is 54.3 Å². The minimum Gasteiger partial charge on any atom is -0.486 e. The van der Waals surface area contributed by atoms with Gasteiger partial charge in [0.05, 0.1) is 6.04 Å². The molecule has 0 aromatic heterocycles. The molecule has 0 spiro atoms. The number of hydrogen-bond acceptors (Lipinski definition) is 4. The molecule has 2 aromatic carbocycles. The minimum atomic E-state index is 0.0175. The van der Waals surface area contributed by atoms with Crippen LogP contribution in [0.15, 0.2) is 42.5 Å². The fourth-order valence-corrected chi connectivity index (χ4v) is 3.61. The van der Waals surface area contributed by atoms with Crippen LogP contribution in [0, 0.1) is 6.92 Å². The van der Waals surface area contributed by atoms with Gasteiger partial charge in [-0.05, 0) is 55.2 Å². The molecule has 2 aliphatic heterocycles. The maximum Gasteiger partial charge on any atom is 0.261 e. The van der Waals surface area contributed by atoms with E-state index in [2.05, 4.69) is 0 Å². The minimum absolute atomic E-state index is 0.0175. The van der Waals surface area contributed by atoms with Crippen LogP contribution < -0.4 is 14.2 Å². The van der Waals surface area contributed by atoms with Gasteiger partial charge in [-0.3, -0.25) is 4.79 Å². The lowest BCUT2D eigenvalue weighted by molar-refractivity contribution is -0.134. The van der Waals surface area contributed by atoms with Gasteiger partial charge in [-0.15, -0.1) is 0 Å². The van der Waals surface area contributed by atoms with Gasteiger partial charge in [0.25, 0.3) is 5.91 Å². The second kappa shape index (κ2) is 7.28. The summed E-state index contributed by atoms with van der Waals surface area (Å²) in [7, 11) is 0. The summed E-state index contributed by atoms with van der Waals surface area (Å²) in [5.74, 6) is 2.29. The highest BCUT2D eigenvalue weighted by Gasteiger charge is 2.31. The zero-order valence-electron chi connectivity index (χ0n) is 14.9. The lowest BCUT2D eigenvalue weighted by Crippen LogP contribution is -2.34. The Hall–Kier alpha value is -2.69. The van der Waals surface area contributed by atoms with E-state index in [9.17, 15) is 4.79 Å². The van der Waals surface area contributed by atoms with Crippen molar-refractivity contribution in [3.05, 3.63) is 53.6 Å². The van der Waals surface area contributed by atoms with Crippen molar-refractivity contribution < 1.29 is 19.0 Å². The highest BCUT2D eigenvalue weighted by atomic mass is 16.6. The largest absolute Gasteiger partial charge is 0.486 e. The van der Waals surface area contributed by atoms with Crippen molar-refractivity contribution in [2.45, 2.75) is 25.8 Å². The van der Waals surface area contributed by atoms with Crippen molar-refractivity contribution in [1.82, 2.24) is 4.90 Å². The maximum atomic E-state index is 12.7. The summed E-state index contributed by atoms with van der Waals surface area (Å²) < 4.78 is 17.0. The molecule has 1 atom stereocenters. The van der Waals surface area contributed by atoms with E-state index in [0.717, 1.165) is 47.8 Å². The Balaban J connectivity index is 1.45. The van der Waals surface area contributed by atoms with Gasteiger partial charge in [0.2, 0.25) is 0 Å². The Morgan fingerprint density at radius 1 is 1.15 bits per heavy atom. The molecule has 0 radical (unpaired) electrons. The second-order valence-corrected chi connectivity index (χ2v) is 6.75. The van der Waals surface area contributed by atoms with Crippen LogP contribution in [0.4, 0.5) is 0 Å². The Morgan fingerprint density at radius 3 is 2.85 bits per heavy atom. The lowest BCUT2D eigenvalue weighted by Gasteiger charge is -2.26. The van der Waals surface area contributed by atoms with Gasteiger partial charge in [0.15, 0.2) is 18.1 Å². The molecule has 0 saturated carbocycles. The van der Waals surface area contributed by atoms with Gasteiger partial charge >= 0.3 is 0 Å². The van der Waals surface area contributed by atoms with Crippen molar-refractivity contribution in [2.24, 2.45) is 0 Å². The molecule has 4 rings (SSSR count). The first-order chi connectivity index (χ1) is 12.7. The molecule has 1 unspecified atom stereocenters. The monoisotopic (exact) mass is 353 g/mol. The van der Waals surface area contributed by atoms with E-state index in [1.54, 1.807) is 0 Å². The van der Waals surface area contributed by atoms with Gasteiger partial charge in [-0.2, -0.15) is 0 Å². The average molecular weight is 353 g/mol. The molecular weight excluding hydrogens is 330 g/mol. The van der Waals surface area contributed by atoms with E-state index in [1.165, 1.54) is 0 Å². The number of likely N-dealkylation sites (tertiary alicyclic amines) is 1. The first-order valence-corrected chi connectivity index (χ1v) is 9.09. The van der Waals surface area contributed by atoms with E-state index in [-0.39, 0.29) is 18.6 Å². The molecule has 1 fully saturated rings. The molecule has 2 aromatic rings. The molecule has 26 heavy (non-hydrogen) atoms. The third-order valence-corrected chi connectivity index (χ3v) is 4.88. The standard InChI is InChI=1S/C21H23NO4/c1-15-4-2-5-17(12-15)26-14-21(23)22-9-3-6-18(22)16-7-8-19-20(13-16)25-11-10-24-19/h2,4-5,7-8,12-13,18H,3,6,9-11,14H2,1H3. The number of carbonyl (C=O) groups is 1. The van der Waals surface area contributed by atoms with E-state index in [0.29, 0.717) is 13.2 Å². The molecule has 5 nitrogen and oxygen atoms in total. The molecule has 0 N–H and O–H groups in total. The Bertz CT molecular complexity index is 804. The predicted molar refractivity (Wildman–Crippen MR) is 97.8 cm³/mol. The third-order valence-electron chi connectivity index (χ3n) is 4.88. The zero-order chi connectivity index (χ0) is 17.9. The Labute approximate surface area is 153 Å². The van der Waals surface area contributed by atoms with Crippen molar-refractivity contribution in [3.63, 3.8) is 0 Å². The number of carbonyl (C=O) groups excluding carboxylic acids is 1. The van der Waals surface area contributed by atoms with Gasteiger partial charge < -0.3 is 19.1 Å². The summed E-state index contributed by atoms with van der Waals surface area (Å²) in [6.07, 6.45) is 1.95. The molecule has 0 aliphatic carbocycles. The number of amides is 1. The Morgan fingerprint density at radius 2 is 2.00 bits per heavy atom. The number of benzene rings is 2. The molecule has 0 bridgehead atoms. The van der Waals surface area contributed by atoms with Gasteiger partial charge in [-0.25, -0.2) is 0 Å². The summed E-state index contributed by atoms with van der Waals surface area (Å²) in [6, 6.07) is 13.8. The van der Waals surface area contributed by atoms with Crippen LogP contribution in [0.2, 0.25) is 0 Å². The van der Waals surface area contributed by atoms with Gasteiger partial charge in [0.1, 0.15) is 19.0 Å². The van der Waals surface area contributed by atoms with Crippen LogP contribution in [0.3, 0.4) is 0 Å². The SMILES string of the molecule is Cc1cccc(OCC(=O)N2CCCC2c2ccc3c(c2)OCCO3)c1. The molecule has 1 amide bonds. The molecule has 2 heterocycles. The highest BCUT2D eigenvalue weighted by molar-refractivity contribution is 5.78. The van der Waals surface area contributed by atoms with Crippen molar-refractivity contribution >= 4 is 5.91 Å². The van der Waals surface area contributed by atoms with Crippen LogP contribution in [0.25, 0.3) is 0 Å². The number of aryl methyl sites for hydroxylation is 1. The lowest BCUT2D eigenvalue weighted by atomic mass is 10.0. The number of nitrogens with zero attached hydrogens (tertiary/aromatic N) is 1. The number of fused-ring (bicyclic) bond motifs is 1. The van der Waals surface area contributed by atoms with Crippen LogP contribution >= 0.6 is 0 Å². The zero-order valence-corrected chi connectivity index (χ0v) is 14.9. The fraction of sp³-hybridized carbons (Fsp3) is 0.381. The molecule has 136 valence electrons. The summed E-state index contributed by atoms with van der Waals surface area (Å²) in [4.78, 5) is 14.6. The third kappa shape index (κ3) is 3.47. The van der Waals surface area contributed by atoms with E-state index >= 15 is 0 Å². The highest BCUT2D eigenvalue weighted by Crippen LogP contribution is 2.38. The smallest absolute Gasteiger partial charge is 0.261 e. The van der Waals surface area contributed by atoms with Crippen molar-refractivity contribution in [1.29, 1.82) is 0 Å². The van der Waals surface area contributed by atoms with Crippen molar-refractivity contribution in [2.75, 3.05) is 26.4 Å². The van der Waals surface area contributed by atoms with Gasteiger partial charge in [-0.1, -0.05) is 18.2 Å². The van der Waals surface area contributed by atoms with Crippen LogP contribution in [0.5, 0.6) is 17.2 Å². The molecular formula is C21H23NO4. The summed E-state index contributed by atoms with van der Waals surface area (Å²) in [5, 5.41) is 0. The topological polar surface area (TPSA) is 48.0 Å². The quantitative estimate of drug-likeness (QED) is 0.844. The molecule has 2 aliphatic rings. The Kier molecular flexibility index (Phi) is 4.69. The van der Waals surface area contributed by atoms with Crippen molar-refractivity contribution in [3.8, 4) is 17.2 Å². The normalized spacial score (nSPS) is 18.7. The summed E-state index contributed by atoms with van der Waals surface area (Å²) in [6.45, 7) is 3.97. The number of ether oxygens (including phenoxy) is 3. The van der Waals surface area contributed by atoms with Crippen LogP contribution in [-0.2, 0) is 4.79 Å². The van der Waals surface area contributed by atoms with E-state index < -0.39 is 0 Å². The maximum absolute atomic E-state index is 12.7. The summed E-state index contributed by atoms with van der Waals surface area (Å²) >= 11 is 0. The fourth-order valence-electron chi connectivity index (χ4n) is 3.61. The average Bonchev–Trinajstić information content (AvgIpc) is 3.16. The second-order valence-electron chi connectivity index (χ2n) is 6.75. The predicted octanol–water partition coefficient (Wildman–Crippen LogP) is 3.51. The molecule has 1 saturated heterocycles. The number of hydrogen-bond donors (Lipinski definition) is 0. The number of rotatable bonds is 4. The van der Waals surface area contributed by atoms with Gasteiger partial charge in [0, 0.05) is 6.54 Å². The van der Waals surface area contributed by atoms with Crippen LogP contribution in [-0.4, -0.2) is 37.2 Å². The molecule has 5 heteroatoms. The summed E-state index contributed by atoms with van der Waals surface area (Å²) in [5.41, 5.74) is 2.21. The van der Waals surface area contributed by atoms with Crippen LogP contribution in [0.1, 0.15) is 30.0 Å².